The third-order valence-corrected chi connectivity index (χ3v) is 6.79. The Labute approximate surface area is 204 Å². The van der Waals surface area contributed by atoms with Gasteiger partial charge in [0.15, 0.2) is 0 Å². The summed E-state index contributed by atoms with van der Waals surface area (Å²) in [6, 6.07) is 24.9. The summed E-state index contributed by atoms with van der Waals surface area (Å²) in [6.07, 6.45) is 2.00. The first-order valence-electron chi connectivity index (χ1n) is 11.3. The SMILES string of the molecule is C[C@H](c1ccc(-c2ccccc2)cc1)[C@H](CS)C(=O)N[C@@H](Cc1c[nH]c2ccccc12)C(=O)O. The monoisotopic (exact) mass is 472 g/mol. The molecular formula is C28H28N2O3S. The Hall–Kier alpha value is -3.51. The van der Waals surface area contributed by atoms with E-state index in [0.29, 0.717) is 5.75 Å². The molecule has 1 amide bonds. The van der Waals surface area contributed by atoms with Crippen LogP contribution in [0.4, 0.5) is 0 Å². The average Bonchev–Trinajstić information content (AvgIpc) is 3.27. The largest absolute Gasteiger partial charge is 0.480 e. The van der Waals surface area contributed by atoms with Crippen LogP contribution in [-0.4, -0.2) is 33.8 Å². The Morgan fingerprint density at radius 3 is 2.26 bits per heavy atom. The second-order valence-corrected chi connectivity index (χ2v) is 8.89. The highest BCUT2D eigenvalue weighted by atomic mass is 32.1. The van der Waals surface area contributed by atoms with Crippen LogP contribution >= 0.6 is 12.6 Å². The Balaban J connectivity index is 1.47. The van der Waals surface area contributed by atoms with Crippen LogP contribution < -0.4 is 5.32 Å². The molecule has 0 aliphatic heterocycles. The molecule has 0 aliphatic carbocycles. The van der Waals surface area contributed by atoms with Crippen molar-refractivity contribution in [3.8, 4) is 11.1 Å². The number of aliphatic carboxylic acids is 1. The molecule has 174 valence electrons. The second-order valence-electron chi connectivity index (χ2n) is 8.53. The lowest BCUT2D eigenvalue weighted by Gasteiger charge is -2.24. The standard InChI is InChI=1S/C28H28N2O3S/c1-18(19-11-13-21(14-12-19)20-7-3-2-4-8-20)24(17-34)27(31)30-26(28(32)33)15-22-16-29-25-10-6-5-9-23(22)25/h2-14,16,18,24,26,29,34H,15,17H2,1H3,(H,30,31)(H,32,33)/t18-,24+,26+/m1/s1. The number of carboxylic acid groups (broad SMARTS) is 1. The maximum Gasteiger partial charge on any atom is 0.326 e. The number of carbonyl (C=O) groups is 2. The topological polar surface area (TPSA) is 82.2 Å². The number of hydrogen-bond donors (Lipinski definition) is 4. The molecule has 0 spiro atoms. The van der Waals surface area contributed by atoms with Gasteiger partial charge < -0.3 is 15.4 Å². The molecule has 3 aromatic carbocycles. The zero-order chi connectivity index (χ0) is 24.1. The average molecular weight is 473 g/mol. The number of fused-ring (bicyclic) bond motifs is 1. The minimum Gasteiger partial charge on any atom is -0.480 e. The first kappa shape index (κ1) is 23.6. The van der Waals surface area contributed by atoms with Crippen LogP contribution in [0.2, 0.25) is 0 Å². The molecule has 0 saturated heterocycles. The smallest absolute Gasteiger partial charge is 0.326 e. The van der Waals surface area contributed by atoms with Gasteiger partial charge in [0.05, 0.1) is 5.92 Å². The number of carboxylic acids is 1. The van der Waals surface area contributed by atoms with Crippen LogP contribution in [-0.2, 0) is 16.0 Å². The van der Waals surface area contributed by atoms with Crippen molar-refractivity contribution in [2.24, 2.45) is 5.92 Å². The van der Waals surface area contributed by atoms with Crippen molar-refractivity contribution in [2.75, 3.05) is 5.75 Å². The van der Waals surface area contributed by atoms with Gasteiger partial charge in [-0.15, -0.1) is 0 Å². The van der Waals surface area contributed by atoms with Crippen LogP contribution in [0.5, 0.6) is 0 Å². The molecule has 6 heteroatoms. The highest BCUT2D eigenvalue weighted by Gasteiger charge is 2.29. The summed E-state index contributed by atoms with van der Waals surface area (Å²) in [5.41, 5.74) is 5.04. The predicted octanol–water partition coefficient (Wildman–Crippen LogP) is 5.30. The number of aromatic amines is 1. The van der Waals surface area contributed by atoms with Crippen molar-refractivity contribution in [2.45, 2.75) is 25.3 Å². The highest BCUT2D eigenvalue weighted by molar-refractivity contribution is 7.80. The maximum atomic E-state index is 13.2. The van der Waals surface area contributed by atoms with Crippen LogP contribution in [0, 0.1) is 5.92 Å². The van der Waals surface area contributed by atoms with Gasteiger partial charge in [-0.25, -0.2) is 4.79 Å². The molecule has 3 atom stereocenters. The lowest BCUT2D eigenvalue weighted by molar-refractivity contribution is -0.142. The number of amides is 1. The number of aromatic nitrogens is 1. The predicted molar refractivity (Wildman–Crippen MR) is 139 cm³/mol. The molecule has 3 N–H and O–H groups in total. The van der Waals surface area contributed by atoms with E-state index >= 15 is 0 Å². The van der Waals surface area contributed by atoms with Crippen molar-refractivity contribution in [1.29, 1.82) is 0 Å². The fourth-order valence-electron chi connectivity index (χ4n) is 4.31. The number of para-hydroxylation sites is 1. The van der Waals surface area contributed by atoms with Gasteiger partial charge in [-0.05, 0) is 34.2 Å². The molecule has 4 aromatic rings. The number of benzene rings is 3. The second kappa shape index (κ2) is 10.6. The third kappa shape index (κ3) is 5.18. The number of rotatable bonds is 9. The summed E-state index contributed by atoms with van der Waals surface area (Å²) in [6.45, 7) is 1.98. The van der Waals surface area contributed by atoms with Gasteiger partial charge in [0.25, 0.3) is 0 Å². The van der Waals surface area contributed by atoms with Gasteiger partial charge in [0.1, 0.15) is 6.04 Å². The normalized spacial score (nSPS) is 13.8. The molecule has 0 unspecified atom stereocenters. The molecule has 0 bridgehead atoms. The maximum absolute atomic E-state index is 13.2. The van der Waals surface area contributed by atoms with E-state index in [-0.39, 0.29) is 18.2 Å². The van der Waals surface area contributed by atoms with E-state index in [1.807, 2.05) is 73.7 Å². The van der Waals surface area contributed by atoms with Crippen molar-refractivity contribution >= 4 is 35.4 Å². The van der Waals surface area contributed by atoms with E-state index < -0.39 is 17.9 Å². The summed E-state index contributed by atoms with van der Waals surface area (Å²) in [5.74, 6) is -1.63. The van der Waals surface area contributed by atoms with Crippen LogP contribution in [0.25, 0.3) is 22.0 Å². The summed E-state index contributed by atoms with van der Waals surface area (Å²) in [4.78, 5) is 28.3. The Morgan fingerprint density at radius 2 is 1.59 bits per heavy atom. The van der Waals surface area contributed by atoms with E-state index in [1.165, 1.54) is 0 Å². The number of H-pyrrole nitrogens is 1. The summed E-state index contributed by atoms with van der Waals surface area (Å²) >= 11 is 4.42. The highest BCUT2D eigenvalue weighted by Crippen LogP contribution is 2.28. The van der Waals surface area contributed by atoms with Crippen molar-refractivity contribution < 1.29 is 14.7 Å². The van der Waals surface area contributed by atoms with E-state index in [9.17, 15) is 14.7 Å². The van der Waals surface area contributed by atoms with Crippen LogP contribution in [0.1, 0.15) is 24.0 Å². The lowest BCUT2D eigenvalue weighted by atomic mass is 9.87. The first-order valence-corrected chi connectivity index (χ1v) is 12.0. The Morgan fingerprint density at radius 1 is 0.941 bits per heavy atom. The van der Waals surface area contributed by atoms with Crippen LogP contribution in [0.15, 0.2) is 85.1 Å². The molecular weight excluding hydrogens is 444 g/mol. The zero-order valence-corrected chi connectivity index (χ0v) is 19.8. The Kier molecular flexibility index (Phi) is 7.38. The molecule has 34 heavy (non-hydrogen) atoms. The number of carbonyl (C=O) groups excluding carboxylic acids is 1. The van der Waals surface area contributed by atoms with Gasteiger partial charge in [-0.1, -0.05) is 79.7 Å². The molecule has 4 rings (SSSR count). The van der Waals surface area contributed by atoms with E-state index in [2.05, 4.69) is 35.1 Å². The molecule has 0 aliphatic rings. The molecule has 1 heterocycles. The quantitative estimate of drug-likeness (QED) is 0.250. The summed E-state index contributed by atoms with van der Waals surface area (Å²) in [7, 11) is 0. The molecule has 0 saturated carbocycles. The molecule has 0 radical (unpaired) electrons. The minimum absolute atomic E-state index is 0.121. The molecule has 1 aromatic heterocycles. The lowest BCUT2D eigenvalue weighted by Crippen LogP contribution is -2.46. The van der Waals surface area contributed by atoms with Gasteiger partial charge in [-0.3, -0.25) is 4.79 Å². The summed E-state index contributed by atoms with van der Waals surface area (Å²) in [5, 5.41) is 13.5. The zero-order valence-electron chi connectivity index (χ0n) is 18.9. The van der Waals surface area contributed by atoms with Crippen molar-refractivity contribution in [3.63, 3.8) is 0 Å². The minimum atomic E-state index is -1.06. The Bertz CT molecular complexity index is 1270. The first-order chi connectivity index (χ1) is 16.5. The summed E-state index contributed by atoms with van der Waals surface area (Å²) < 4.78 is 0. The third-order valence-electron chi connectivity index (χ3n) is 6.39. The fraction of sp³-hybridized carbons (Fsp3) is 0.214. The number of thiol groups is 1. The number of nitrogens with one attached hydrogen (secondary N) is 2. The van der Waals surface area contributed by atoms with E-state index in [4.69, 9.17) is 0 Å². The van der Waals surface area contributed by atoms with E-state index in [1.54, 1.807) is 6.20 Å². The van der Waals surface area contributed by atoms with Gasteiger partial charge in [-0.2, -0.15) is 12.6 Å². The molecule has 0 fully saturated rings. The van der Waals surface area contributed by atoms with Gasteiger partial charge in [0, 0.05) is 29.3 Å². The van der Waals surface area contributed by atoms with E-state index in [0.717, 1.165) is 33.2 Å². The van der Waals surface area contributed by atoms with Crippen molar-refractivity contribution in [3.05, 3.63) is 96.2 Å². The van der Waals surface area contributed by atoms with Crippen molar-refractivity contribution in [1.82, 2.24) is 10.3 Å². The van der Waals surface area contributed by atoms with Gasteiger partial charge in [0.2, 0.25) is 5.91 Å². The molecule has 5 nitrogen and oxygen atoms in total. The van der Waals surface area contributed by atoms with Crippen LogP contribution in [0.3, 0.4) is 0 Å². The van der Waals surface area contributed by atoms with Gasteiger partial charge >= 0.3 is 5.97 Å². The number of hydrogen-bond acceptors (Lipinski definition) is 3. The fourth-order valence-corrected chi connectivity index (χ4v) is 4.79.